The first-order chi connectivity index (χ1) is 10.1. The lowest BCUT2D eigenvalue weighted by molar-refractivity contribution is -0.115. The predicted octanol–water partition coefficient (Wildman–Crippen LogP) is 2.52. The number of nitrogens with zero attached hydrogens (tertiary/aromatic N) is 3. The molecule has 0 unspecified atom stereocenters. The largest absolute Gasteiger partial charge is 0.345 e. The van der Waals surface area contributed by atoms with Crippen molar-refractivity contribution < 1.29 is 4.79 Å². The lowest BCUT2D eigenvalue weighted by Gasteiger charge is -2.08. The van der Waals surface area contributed by atoms with Crippen LogP contribution < -0.4 is 5.32 Å². The van der Waals surface area contributed by atoms with E-state index in [0.717, 1.165) is 16.5 Å². The predicted molar refractivity (Wildman–Crippen MR) is 81.0 cm³/mol. The number of rotatable bonds is 4. The molecule has 0 spiro atoms. The lowest BCUT2D eigenvalue weighted by Crippen LogP contribution is -2.15. The summed E-state index contributed by atoms with van der Waals surface area (Å²) in [6.07, 6.45) is 3.72. The summed E-state index contributed by atoms with van der Waals surface area (Å²) in [4.78, 5) is 16.0. The van der Waals surface area contributed by atoms with Gasteiger partial charge in [0.2, 0.25) is 11.9 Å². The van der Waals surface area contributed by atoms with Crippen LogP contribution in [0, 0.1) is 0 Å². The molecule has 0 aliphatic heterocycles. The smallest absolute Gasteiger partial charge is 0.231 e. The van der Waals surface area contributed by atoms with Gasteiger partial charge in [0.25, 0.3) is 0 Å². The van der Waals surface area contributed by atoms with Crippen LogP contribution in [-0.4, -0.2) is 25.7 Å². The minimum Gasteiger partial charge on any atom is -0.345 e. The van der Waals surface area contributed by atoms with Crippen molar-refractivity contribution in [1.82, 2.24) is 19.7 Å². The van der Waals surface area contributed by atoms with Crippen molar-refractivity contribution in [3.8, 4) is 0 Å². The molecule has 6 nitrogen and oxygen atoms in total. The molecule has 1 amide bonds. The second-order valence-electron chi connectivity index (χ2n) is 5.23. The SMILES string of the molecule is CC(C)n1cc(CC(=O)Nc2ncn[nH]2)c2ccccc21. The van der Waals surface area contributed by atoms with E-state index >= 15 is 0 Å². The summed E-state index contributed by atoms with van der Waals surface area (Å²) in [5.41, 5.74) is 2.16. The number of H-pyrrole nitrogens is 1. The standard InChI is InChI=1S/C15H17N5O/c1-10(2)20-8-11(12-5-3-4-6-13(12)20)7-14(21)18-15-16-9-17-19-15/h3-6,8-10H,7H2,1-2H3,(H2,16,17,18,19,21). The summed E-state index contributed by atoms with van der Waals surface area (Å²) in [6.45, 7) is 4.26. The monoisotopic (exact) mass is 283 g/mol. The van der Waals surface area contributed by atoms with Gasteiger partial charge in [0.15, 0.2) is 0 Å². The average Bonchev–Trinajstić information content (AvgIpc) is 3.07. The summed E-state index contributed by atoms with van der Waals surface area (Å²) >= 11 is 0. The summed E-state index contributed by atoms with van der Waals surface area (Å²) in [5.74, 6) is 0.256. The van der Waals surface area contributed by atoms with Crippen molar-refractivity contribution in [1.29, 1.82) is 0 Å². The Hall–Kier alpha value is -2.63. The van der Waals surface area contributed by atoms with E-state index in [9.17, 15) is 4.79 Å². The quantitative estimate of drug-likeness (QED) is 0.772. The van der Waals surface area contributed by atoms with E-state index in [2.05, 4.69) is 51.2 Å². The zero-order chi connectivity index (χ0) is 14.8. The molecule has 0 aliphatic rings. The van der Waals surface area contributed by atoms with Crippen LogP contribution in [0.25, 0.3) is 10.9 Å². The highest BCUT2D eigenvalue weighted by Gasteiger charge is 2.13. The van der Waals surface area contributed by atoms with Gasteiger partial charge in [0.05, 0.1) is 6.42 Å². The van der Waals surface area contributed by atoms with E-state index in [4.69, 9.17) is 0 Å². The van der Waals surface area contributed by atoms with Crippen molar-refractivity contribution in [2.45, 2.75) is 26.3 Å². The van der Waals surface area contributed by atoms with Gasteiger partial charge < -0.3 is 4.57 Å². The van der Waals surface area contributed by atoms with Crippen LogP contribution in [0.5, 0.6) is 0 Å². The Balaban J connectivity index is 1.88. The Morgan fingerprint density at radius 3 is 2.90 bits per heavy atom. The number of para-hydroxylation sites is 1. The Bertz CT molecular complexity index is 758. The van der Waals surface area contributed by atoms with E-state index < -0.39 is 0 Å². The number of aromatic amines is 1. The van der Waals surface area contributed by atoms with Crippen molar-refractivity contribution in [2.75, 3.05) is 5.32 Å². The van der Waals surface area contributed by atoms with Crippen molar-refractivity contribution in [3.63, 3.8) is 0 Å². The molecule has 2 N–H and O–H groups in total. The third kappa shape index (κ3) is 2.65. The molecular weight excluding hydrogens is 266 g/mol. The molecule has 2 aromatic heterocycles. The zero-order valence-electron chi connectivity index (χ0n) is 12.0. The molecule has 2 heterocycles. The van der Waals surface area contributed by atoms with Crippen LogP contribution >= 0.6 is 0 Å². The maximum Gasteiger partial charge on any atom is 0.231 e. The number of fused-ring (bicyclic) bond motifs is 1. The van der Waals surface area contributed by atoms with Gasteiger partial charge in [-0.05, 0) is 25.5 Å². The van der Waals surface area contributed by atoms with Gasteiger partial charge in [-0.25, -0.2) is 5.10 Å². The highest BCUT2D eigenvalue weighted by atomic mass is 16.1. The van der Waals surface area contributed by atoms with Gasteiger partial charge in [-0.1, -0.05) is 18.2 Å². The number of amides is 1. The minimum absolute atomic E-state index is 0.113. The highest BCUT2D eigenvalue weighted by Crippen LogP contribution is 2.25. The zero-order valence-corrected chi connectivity index (χ0v) is 12.0. The van der Waals surface area contributed by atoms with Gasteiger partial charge in [0, 0.05) is 23.1 Å². The highest BCUT2D eigenvalue weighted by molar-refractivity contribution is 5.94. The molecule has 1 aromatic carbocycles. The van der Waals surface area contributed by atoms with Crippen LogP contribution in [-0.2, 0) is 11.2 Å². The molecule has 3 rings (SSSR count). The molecule has 0 saturated carbocycles. The molecule has 0 radical (unpaired) electrons. The topological polar surface area (TPSA) is 75.6 Å². The number of carbonyl (C=O) groups is 1. The van der Waals surface area contributed by atoms with Crippen LogP contribution in [0.3, 0.4) is 0 Å². The van der Waals surface area contributed by atoms with E-state index in [1.54, 1.807) is 0 Å². The molecule has 0 aliphatic carbocycles. The second kappa shape index (κ2) is 5.40. The number of anilines is 1. The number of aromatic nitrogens is 4. The first-order valence-electron chi connectivity index (χ1n) is 6.89. The maximum atomic E-state index is 12.1. The van der Waals surface area contributed by atoms with Gasteiger partial charge in [0.1, 0.15) is 6.33 Å². The van der Waals surface area contributed by atoms with Crippen LogP contribution in [0.1, 0.15) is 25.5 Å². The molecule has 21 heavy (non-hydrogen) atoms. The van der Waals surface area contributed by atoms with Crippen molar-refractivity contribution in [3.05, 3.63) is 42.4 Å². The fourth-order valence-electron chi connectivity index (χ4n) is 2.46. The fourth-order valence-corrected chi connectivity index (χ4v) is 2.46. The molecule has 6 heteroatoms. The van der Waals surface area contributed by atoms with Gasteiger partial charge >= 0.3 is 0 Å². The number of hydrogen-bond acceptors (Lipinski definition) is 3. The number of nitrogens with one attached hydrogen (secondary N) is 2. The normalized spacial score (nSPS) is 11.2. The van der Waals surface area contributed by atoms with Gasteiger partial charge in [-0.2, -0.15) is 10.1 Å². The lowest BCUT2D eigenvalue weighted by atomic mass is 10.1. The summed E-state index contributed by atoms with van der Waals surface area (Å²) < 4.78 is 2.19. The summed E-state index contributed by atoms with van der Waals surface area (Å²) in [5, 5.41) is 10.1. The third-order valence-electron chi connectivity index (χ3n) is 3.40. The fraction of sp³-hybridized carbons (Fsp3) is 0.267. The summed E-state index contributed by atoms with van der Waals surface area (Å²) in [6, 6.07) is 8.48. The number of hydrogen-bond donors (Lipinski definition) is 2. The Kier molecular flexibility index (Phi) is 3.43. The third-order valence-corrected chi connectivity index (χ3v) is 3.40. The van der Waals surface area contributed by atoms with E-state index in [1.807, 2.05) is 18.2 Å². The van der Waals surface area contributed by atoms with Crippen LogP contribution in [0.2, 0.25) is 0 Å². The second-order valence-corrected chi connectivity index (χ2v) is 5.23. The van der Waals surface area contributed by atoms with Crippen LogP contribution in [0.15, 0.2) is 36.8 Å². The Morgan fingerprint density at radius 1 is 1.38 bits per heavy atom. The molecule has 108 valence electrons. The van der Waals surface area contributed by atoms with Crippen molar-refractivity contribution in [2.24, 2.45) is 0 Å². The molecular formula is C15H17N5O. The molecule has 3 aromatic rings. The molecule has 0 saturated heterocycles. The number of carbonyl (C=O) groups excluding carboxylic acids is 1. The van der Waals surface area contributed by atoms with Crippen molar-refractivity contribution >= 4 is 22.8 Å². The Labute approximate surface area is 122 Å². The molecule has 0 atom stereocenters. The van der Waals surface area contributed by atoms with Crippen LogP contribution in [0.4, 0.5) is 5.95 Å². The summed E-state index contributed by atoms with van der Waals surface area (Å²) in [7, 11) is 0. The van der Waals surface area contributed by atoms with E-state index in [1.165, 1.54) is 6.33 Å². The first-order valence-corrected chi connectivity index (χ1v) is 6.89. The van der Waals surface area contributed by atoms with E-state index in [-0.39, 0.29) is 5.91 Å². The van der Waals surface area contributed by atoms with Gasteiger partial charge in [-0.15, -0.1) is 0 Å². The minimum atomic E-state index is -0.113. The van der Waals surface area contributed by atoms with Gasteiger partial charge in [-0.3, -0.25) is 10.1 Å². The molecule has 0 bridgehead atoms. The first kappa shape index (κ1) is 13.4. The Morgan fingerprint density at radius 2 is 2.19 bits per heavy atom. The number of benzene rings is 1. The average molecular weight is 283 g/mol. The van der Waals surface area contributed by atoms with E-state index in [0.29, 0.717) is 18.4 Å². The maximum absolute atomic E-state index is 12.1. The molecule has 0 fully saturated rings.